The second-order valence-electron chi connectivity index (χ2n) is 6.54. The van der Waals surface area contributed by atoms with Crippen LogP contribution in [0, 0.1) is 12.8 Å². The Bertz CT molecular complexity index is 494. The van der Waals surface area contributed by atoms with E-state index < -0.39 is 0 Å². The lowest BCUT2D eigenvalue weighted by Crippen LogP contribution is -2.45. The summed E-state index contributed by atoms with van der Waals surface area (Å²) in [5.41, 5.74) is 0. The number of nitrogens with zero attached hydrogens (tertiary/aromatic N) is 4. The average Bonchev–Trinajstić information content (AvgIpc) is 2.78. The van der Waals surface area contributed by atoms with Gasteiger partial charge in [-0.25, -0.2) is 0 Å². The summed E-state index contributed by atoms with van der Waals surface area (Å²) in [6, 6.07) is 0. The van der Waals surface area contributed by atoms with Gasteiger partial charge in [-0.1, -0.05) is 18.0 Å². The zero-order valence-electron chi connectivity index (χ0n) is 13.5. The zero-order valence-corrected chi connectivity index (χ0v) is 13.5. The lowest BCUT2D eigenvalue weighted by atomic mass is 9.96. The van der Waals surface area contributed by atoms with Crippen LogP contribution in [0.25, 0.3) is 0 Å². The summed E-state index contributed by atoms with van der Waals surface area (Å²) in [4.78, 5) is 21.4. The van der Waals surface area contributed by atoms with E-state index in [9.17, 15) is 4.79 Å². The SMILES string of the molecule is Cc1nc(CN2CCC[C@@H](C(=O)N3CCCCCC3)C2)no1. The van der Waals surface area contributed by atoms with E-state index in [2.05, 4.69) is 19.9 Å². The number of hydrogen-bond acceptors (Lipinski definition) is 5. The Balaban J connectivity index is 1.56. The quantitative estimate of drug-likeness (QED) is 0.854. The fourth-order valence-electron chi connectivity index (χ4n) is 3.56. The molecule has 2 saturated heterocycles. The maximum absolute atomic E-state index is 12.8. The maximum Gasteiger partial charge on any atom is 0.226 e. The number of rotatable bonds is 3. The number of carbonyl (C=O) groups is 1. The molecule has 6 heteroatoms. The van der Waals surface area contributed by atoms with Crippen LogP contribution < -0.4 is 0 Å². The number of aryl methyl sites for hydroxylation is 1. The Labute approximate surface area is 131 Å². The van der Waals surface area contributed by atoms with Gasteiger partial charge in [0.15, 0.2) is 5.82 Å². The van der Waals surface area contributed by atoms with Crippen molar-refractivity contribution >= 4 is 5.91 Å². The van der Waals surface area contributed by atoms with E-state index in [1.165, 1.54) is 12.8 Å². The Morgan fingerprint density at radius 2 is 1.95 bits per heavy atom. The third-order valence-electron chi connectivity index (χ3n) is 4.71. The highest BCUT2D eigenvalue weighted by molar-refractivity contribution is 5.79. The first-order valence-electron chi connectivity index (χ1n) is 8.53. The zero-order chi connectivity index (χ0) is 15.4. The van der Waals surface area contributed by atoms with Gasteiger partial charge in [0.1, 0.15) is 0 Å². The molecule has 0 bridgehead atoms. The van der Waals surface area contributed by atoms with Crippen molar-refractivity contribution < 1.29 is 9.32 Å². The number of amides is 1. The van der Waals surface area contributed by atoms with E-state index >= 15 is 0 Å². The standard InChI is InChI=1S/C16H26N4O2/c1-13-17-15(18-22-13)12-19-8-6-7-14(11-19)16(21)20-9-4-2-3-5-10-20/h14H,2-12H2,1H3/t14-/m1/s1. The van der Waals surface area contributed by atoms with Crippen LogP contribution in [0.5, 0.6) is 0 Å². The van der Waals surface area contributed by atoms with Crippen molar-refractivity contribution in [2.75, 3.05) is 26.2 Å². The normalized spacial score (nSPS) is 24.2. The van der Waals surface area contributed by atoms with Gasteiger partial charge in [0.25, 0.3) is 0 Å². The Morgan fingerprint density at radius 3 is 2.64 bits per heavy atom. The largest absolute Gasteiger partial charge is 0.342 e. The first-order valence-corrected chi connectivity index (χ1v) is 8.53. The van der Waals surface area contributed by atoms with Crippen molar-refractivity contribution in [2.45, 2.75) is 52.0 Å². The molecular formula is C16H26N4O2. The molecule has 6 nitrogen and oxygen atoms in total. The molecule has 2 aliphatic heterocycles. The summed E-state index contributed by atoms with van der Waals surface area (Å²) in [7, 11) is 0. The highest BCUT2D eigenvalue weighted by atomic mass is 16.5. The summed E-state index contributed by atoms with van der Waals surface area (Å²) in [6.07, 6.45) is 6.92. The lowest BCUT2D eigenvalue weighted by Gasteiger charge is -2.34. The first kappa shape index (κ1) is 15.5. The number of likely N-dealkylation sites (tertiary alicyclic amines) is 2. The second kappa shape index (κ2) is 7.22. The molecule has 0 saturated carbocycles. The molecule has 1 amide bonds. The van der Waals surface area contributed by atoms with Crippen LogP contribution in [-0.4, -0.2) is 52.0 Å². The van der Waals surface area contributed by atoms with E-state index in [4.69, 9.17) is 4.52 Å². The monoisotopic (exact) mass is 306 g/mol. The van der Waals surface area contributed by atoms with Crippen molar-refractivity contribution in [3.8, 4) is 0 Å². The smallest absolute Gasteiger partial charge is 0.226 e. The predicted molar refractivity (Wildman–Crippen MR) is 82.1 cm³/mol. The van der Waals surface area contributed by atoms with Crippen LogP contribution in [0.2, 0.25) is 0 Å². The predicted octanol–water partition coefficient (Wildman–Crippen LogP) is 1.99. The fraction of sp³-hybridized carbons (Fsp3) is 0.812. The van der Waals surface area contributed by atoms with Crippen molar-refractivity contribution in [1.82, 2.24) is 19.9 Å². The molecule has 0 unspecified atom stereocenters. The van der Waals surface area contributed by atoms with Gasteiger partial charge >= 0.3 is 0 Å². The van der Waals surface area contributed by atoms with Gasteiger partial charge in [-0.3, -0.25) is 9.69 Å². The van der Waals surface area contributed by atoms with Crippen LogP contribution in [0.1, 0.15) is 50.2 Å². The van der Waals surface area contributed by atoms with Crippen molar-refractivity contribution in [1.29, 1.82) is 0 Å². The summed E-state index contributed by atoms with van der Waals surface area (Å²) in [6.45, 7) is 6.21. The van der Waals surface area contributed by atoms with Gasteiger partial charge in [-0.05, 0) is 32.2 Å². The molecule has 0 aliphatic carbocycles. The minimum absolute atomic E-state index is 0.139. The molecule has 0 aromatic carbocycles. The molecule has 2 fully saturated rings. The van der Waals surface area contributed by atoms with Gasteiger partial charge in [0.2, 0.25) is 11.8 Å². The minimum Gasteiger partial charge on any atom is -0.342 e. The molecule has 122 valence electrons. The van der Waals surface area contributed by atoms with E-state index in [1.54, 1.807) is 6.92 Å². The summed E-state index contributed by atoms with van der Waals surface area (Å²) in [5.74, 6) is 1.82. The van der Waals surface area contributed by atoms with Gasteiger partial charge < -0.3 is 9.42 Å². The molecule has 2 aliphatic rings. The summed E-state index contributed by atoms with van der Waals surface area (Å²) < 4.78 is 5.03. The molecule has 22 heavy (non-hydrogen) atoms. The van der Waals surface area contributed by atoms with Crippen LogP contribution in [0.3, 0.4) is 0 Å². The van der Waals surface area contributed by atoms with Gasteiger partial charge in [0, 0.05) is 26.6 Å². The molecule has 0 spiro atoms. The van der Waals surface area contributed by atoms with Crippen molar-refractivity contribution in [3.05, 3.63) is 11.7 Å². The van der Waals surface area contributed by atoms with Gasteiger partial charge in [-0.2, -0.15) is 4.98 Å². The third-order valence-corrected chi connectivity index (χ3v) is 4.71. The number of aromatic nitrogens is 2. The van der Waals surface area contributed by atoms with Crippen molar-refractivity contribution in [2.24, 2.45) is 5.92 Å². The maximum atomic E-state index is 12.8. The van der Waals surface area contributed by atoms with E-state index in [-0.39, 0.29) is 5.92 Å². The third kappa shape index (κ3) is 3.85. The number of piperidine rings is 1. The molecular weight excluding hydrogens is 280 g/mol. The Hall–Kier alpha value is -1.43. The molecule has 0 radical (unpaired) electrons. The number of carbonyl (C=O) groups excluding carboxylic acids is 1. The van der Waals surface area contributed by atoms with Crippen molar-refractivity contribution in [3.63, 3.8) is 0 Å². The van der Waals surface area contributed by atoms with Crippen LogP contribution in [-0.2, 0) is 11.3 Å². The first-order chi connectivity index (χ1) is 10.7. The molecule has 3 rings (SSSR count). The molecule has 0 N–H and O–H groups in total. The summed E-state index contributed by atoms with van der Waals surface area (Å²) >= 11 is 0. The van der Waals surface area contributed by atoms with Crippen LogP contribution >= 0.6 is 0 Å². The lowest BCUT2D eigenvalue weighted by molar-refractivity contribution is -0.137. The summed E-state index contributed by atoms with van der Waals surface area (Å²) in [5, 5.41) is 3.96. The molecule has 1 aromatic heterocycles. The molecule has 1 atom stereocenters. The average molecular weight is 306 g/mol. The highest BCUT2D eigenvalue weighted by Crippen LogP contribution is 2.22. The number of hydrogen-bond donors (Lipinski definition) is 0. The second-order valence-corrected chi connectivity index (χ2v) is 6.54. The molecule has 1 aromatic rings. The van der Waals surface area contributed by atoms with Gasteiger partial charge in [0.05, 0.1) is 12.5 Å². The van der Waals surface area contributed by atoms with E-state index in [1.807, 2.05) is 0 Å². The Kier molecular flexibility index (Phi) is 5.08. The Morgan fingerprint density at radius 1 is 1.18 bits per heavy atom. The van der Waals surface area contributed by atoms with E-state index in [0.29, 0.717) is 18.3 Å². The molecule has 3 heterocycles. The van der Waals surface area contributed by atoms with E-state index in [0.717, 1.165) is 57.7 Å². The van der Waals surface area contributed by atoms with Gasteiger partial charge in [-0.15, -0.1) is 0 Å². The topological polar surface area (TPSA) is 62.5 Å². The van der Waals surface area contributed by atoms with Crippen LogP contribution in [0.15, 0.2) is 4.52 Å². The highest BCUT2D eigenvalue weighted by Gasteiger charge is 2.30. The van der Waals surface area contributed by atoms with Crippen LogP contribution in [0.4, 0.5) is 0 Å². The fourth-order valence-corrected chi connectivity index (χ4v) is 3.56. The minimum atomic E-state index is 0.139.